The number of hydrogen-bond donors (Lipinski definition) is 5. The Morgan fingerprint density at radius 1 is 1.07 bits per heavy atom. The molecule has 1 aromatic heterocycles. The number of carbonyl (C=O) groups is 2. The van der Waals surface area contributed by atoms with Crippen molar-refractivity contribution in [3.8, 4) is 21.0 Å². The summed E-state index contributed by atoms with van der Waals surface area (Å²) in [6.45, 7) is 10.4. The molecule has 3 amide bonds. The van der Waals surface area contributed by atoms with Crippen molar-refractivity contribution < 1.29 is 22.7 Å². The molecule has 1 atom stereocenters. The number of benzene rings is 2. The van der Waals surface area contributed by atoms with Gasteiger partial charge in [-0.25, -0.2) is 27.7 Å². The highest BCUT2D eigenvalue weighted by Gasteiger charge is 2.27. The number of nitrogens with one attached hydrogen (secondary N) is 5. The average molecular weight is 601 g/mol. The largest absolute Gasteiger partial charge is 0.447 e. The van der Waals surface area contributed by atoms with Crippen LogP contribution in [0.4, 0.5) is 21.0 Å². The van der Waals surface area contributed by atoms with E-state index in [1.807, 2.05) is 12.1 Å². The van der Waals surface area contributed by atoms with Crippen molar-refractivity contribution in [3.63, 3.8) is 0 Å². The smallest absolute Gasteiger partial charge is 0.411 e. The Balaban J connectivity index is 1.60. The molecule has 0 spiro atoms. The van der Waals surface area contributed by atoms with Gasteiger partial charge in [-0.3, -0.25) is 5.32 Å². The number of rotatable bonds is 8. The highest BCUT2D eigenvalue weighted by Crippen LogP contribution is 2.37. The van der Waals surface area contributed by atoms with Crippen LogP contribution in [0.2, 0.25) is 0 Å². The van der Waals surface area contributed by atoms with Crippen LogP contribution in [0.25, 0.3) is 21.0 Å². The van der Waals surface area contributed by atoms with Gasteiger partial charge in [-0.2, -0.15) is 0 Å². The first kappa shape index (κ1) is 30.4. The van der Waals surface area contributed by atoms with Crippen LogP contribution in [0.5, 0.6) is 0 Å². The molecule has 1 aliphatic heterocycles. The molecular formula is C28H36N6O5S2. The maximum absolute atomic E-state index is 13.5. The molecular weight excluding hydrogens is 564 g/mol. The molecule has 0 aliphatic carbocycles. The summed E-state index contributed by atoms with van der Waals surface area (Å²) in [5.41, 5.74) is 1.48. The van der Waals surface area contributed by atoms with Gasteiger partial charge in [0.2, 0.25) is 10.0 Å². The van der Waals surface area contributed by atoms with E-state index in [0.717, 1.165) is 18.5 Å². The van der Waals surface area contributed by atoms with Gasteiger partial charge in [-0.05, 0) is 84.0 Å². The molecule has 1 fully saturated rings. The van der Waals surface area contributed by atoms with Crippen molar-refractivity contribution in [3.05, 3.63) is 48.7 Å². The second-order valence-electron chi connectivity index (χ2n) is 11.0. The molecule has 0 bridgehead atoms. The van der Waals surface area contributed by atoms with E-state index in [-0.39, 0.29) is 17.0 Å². The minimum atomic E-state index is -3.96. The molecule has 2 heterocycles. The number of urea groups is 1. The first-order valence-electron chi connectivity index (χ1n) is 13.3. The first-order valence-corrected chi connectivity index (χ1v) is 15.6. The van der Waals surface area contributed by atoms with E-state index in [9.17, 15) is 18.0 Å². The lowest BCUT2D eigenvalue weighted by atomic mass is 10.1. The molecule has 1 aliphatic rings. The zero-order chi connectivity index (χ0) is 29.8. The summed E-state index contributed by atoms with van der Waals surface area (Å²) in [5.74, 6) is 0. The van der Waals surface area contributed by atoms with Crippen molar-refractivity contribution in [2.75, 3.05) is 23.7 Å². The number of anilines is 2. The summed E-state index contributed by atoms with van der Waals surface area (Å²) in [6, 6.07) is 11.6. The number of sulfonamides is 1. The second-order valence-corrected chi connectivity index (χ2v) is 13.7. The van der Waals surface area contributed by atoms with E-state index in [2.05, 4.69) is 31.0 Å². The third kappa shape index (κ3) is 8.49. The van der Waals surface area contributed by atoms with Crippen LogP contribution in [0.3, 0.4) is 0 Å². The molecule has 0 radical (unpaired) electrons. The van der Waals surface area contributed by atoms with Gasteiger partial charge in [0.25, 0.3) is 0 Å². The van der Waals surface area contributed by atoms with Gasteiger partial charge in [0.05, 0.1) is 15.9 Å². The van der Waals surface area contributed by atoms with Crippen LogP contribution in [0, 0.1) is 0 Å². The number of hydrogen-bond acceptors (Lipinski definition) is 8. The molecule has 2 aromatic carbocycles. The third-order valence-electron chi connectivity index (χ3n) is 5.86. The minimum Gasteiger partial charge on any atom is -0.447 e. The summed E-state index contributed by atoms with van der Waals surface area (Å²) in [5, 5.41) is 12.2. The van der Waals surface area contributed by atoms with Gasteiger partial charge >= 0.3 is 12.1 Å². The lowest BCUT2D eigenvalue weighted by Crippen LogP contribution is -2.41. The minimum absolute atomic E-state index is 0.0226. The number of nitrogens with zero attached hydrogens (tertiary/aromatic N) is 1. The maximum Gasteiger partial charge on any atom is 0.411 e. The molecule has 1 unspecified atom stereocenters. The first-order chi connectivity index (χ1) is 19.3. The van der Waals surface area contributed by atoms with Gasteiger partial charge in [-0.1, -0.05) is 6.07 Å². The Hall–Kier alpha value is -3.52. The zero-order valence-corrected chi connectivity index (χ0v) is 25.3. The van der Waals surface area contributed by atoms with Crippen molar-refractivity contribution in [2.45, 2.75) is 63.6 Å². The highest BCUT2D eigenvalue weighted by atomic mass is 32.2. The molecule has 41 heavy (non-hydrogen) atoms. The van der Waals surface area contributed by atoms with E-state index in [1.165, 1.54) is 17.4 Å². The fourth-order valence-electron chi connectivity index (χ4n) is 4.20. The molecule has 11 nitrogen and oxygen atoms in total. The van der Waals surface area contributed by atoms with Crippen molar-refractivity contribution in [2.24, 2.45) is 0 Å². The summed E-state index contributed by atoms with van der Waals surface area (Å²) < 4.78 is 34.9. The monoisotopic (exact) mass is 600 g/mol. The van der Waals surface area contributed by atoms with Crippen molar-refractivity contribution >= 4 is 44.9 Å². The van der Waals surface area contributed by atoms with Crippen LogP contribution < -0.4 is 26.0 Å². The van der Waals surface area contributed by atoms with E-state index >= 15 is 0 Å². The normalized spacial score (nSPS) is 15.5. The third-order valence-corrected chi connectivity index (χ3v) is 8.73. The highest BCUT2D eigenvalue weighted by molar-refractivity contribution is 7.89. The van der Waals surface area contributed by atoms with Crippen LogP contribution in [-0.2, 0) is 14.8 Å². The summed E-state index contributed by atoms with van der Waals surface area (Å²) >= 11 is 1.33. The Kier molecular flexibility index (Phi) is 9.32. The lowest BCUT2D eigenvalue weighted by Gasteiger charge is -2.22. The summed E-state index contributed by atoms with van der Waals surface area (Å²) in [6.07, 6.45) is 1.70. The number of amides is 3. The second kappa shape index (κ2) is 12.6. The summed E-state index contributed by atoms with van der Waals surface area (Å²) in [4.78, 5) is 29.6. The summed E-state index contributed by atoms with van der Waals surface area (Å²) in [7, 11) is -3.96. The topological polar surface area (TPSA) is 151 Å². The van der Waals surface area contributed by atoms with E-state index in [4.69, 9.17) is 4.74 Å². The maximum atomic E-state index is 13.5. The molecule has 5 N–H and O–H groups in total. The van der Waals surface area contributed by atoms with Gasteiger partial charge < -0.3 is 20.7 Å². The Bertz CT molecular complexity index is 1490. The number of thiazole rings is 1. The fraction of sp³-hybridized carbons (Fsp3) is 0.393. The van der Waals surface area contributed by atoms with Crippen LogP contribution >= 0.6 is 11.3 Å². The molecule has 13 heteroatoms. The molecule has 4 rings (SSSR count). The van der Waals surface area contributed by atoms with Crippen LogP contribution in [-0.4, -0.2) is 56.3 Å². The molecule has 220 valence electrons. The Labute approximate surface area is 244 Å². The fourth-order valence-corrected chi connectivity index (χ4v) is 6.90. The van der Waals surface area contributed by atoms with E-state index < -0.39 is 27.7 Å². The van der Waals surface area contributed by atoms with Gasteiger partial charge in [0.1, 0.15) is 5.01 Å². The SMILES string of the molecule is CC(C)OC(=O)Nc1ccc(-c2ncc(-c3ccc(NC(=O)NC4CCNC4)cc3S(=O)(=O)NC(C)(C)C)s2)cc1. The predicted molar refractivity (Wildman–Crippen MR) is 162 cm³/mol. The van der Waals surface area contributed by atoms with Gasteiger partial charge in [-0.15, -0.1) is 11.3 Å². The van der Waals surface area contributed by atoms with Crippen LogP contribution in [0.15, 0.2) is 53.6 Å². The standard InChI is InChI=1S/C28H36N6O5S2/c1-17(2)39-27(36)33-19-8-6-18(7-9-19)25-30-16-23(40-25)22-11-10-20(31-26(35)32-21-12-13-29-15-21)14-24(22)41(37,38)34-28(3,4)5/h6-11,14,16-17,21,29,34H,12-13,15H2,1-5H3,(H,33,36)(H2,31,32,35). The van der Waals surface area contributed by atoms with E-state index in [0.29, 0.717) is 33.4 Å². The van der Waals surface area contributed by atoms with Crippen molar-refractivity contribution in [1.82, 2.24) is 20.3 Å². The van der Waals surface area contributed by atoms with Gasteiger partial charge in [0, 0.05) is 46.8 Å². The Morgan fingerprint density at radius 3 is 2.41 bits per heavy atom. The number of ether oxygens (including phenoxy) is 1. The quantitative estimate of drug-likeness (QED) is 0.244. The van der Waals surface area contributed by atoms with Gasteiger partial charge in [0.15, 0.2) is 0 Å². The molecule has 3 aromatic rings. The van der Waals surface area contributed by atoms with Crippen molar-refractivity contribution in [1.29, 1.82) is 0 Å². The van der Waals surface area contributed by atoms with Crippen LogP contribution in [0.1, 0.15) is 41.0 Å². The van der Waals surface area contributed by atoms with E-state index in [1.54, 1.807) is 65.1 Å². The Morgan fingerprint density at radius 2 is 1.78 bits per heavy atom. The number of aromatic nitrogens is 1. The predicted octanol–water partition coefficient (Wildman–Crippen LogP) is 4.99. The zero-order valence-electron chi connectivity index (χ0n) is 23.7. The molecule has 1 saturated heterocycles. The lowest BCUT2D eigenvalue weighted by molar-refractivity contribution is 0.130. The number of carbonyl (C=O) groups excluding carboxylic acids is 2. The molecule has 0 saturated carbocycles. The average Bonchev–Trinajstić information content (AvgIpc) is 3.55.